The summed E-state index contributed by atoms with van der Waals surface area (Å²) < 4.78 is 0. The van der Waals surface area contributed by atoms with Gasteiger partial charge in [-0.25, -0.2) is 0 Å². The summed E-state index contributed by atoms with van der Waals surface area (Å²) in [7, 11) is 0. The van der Waals surface area contributed by atoms with E-state index in [2.05, 4.69) is 42.6 Å². The second-order valence-electron chi connectivity index (χ2n) is 4.46. The molecule has 1 N–H and O–H groups in total. The largest absolute Gasteiger partial charge is 0.298 e. The first-order valence-corrected chi connectivity index (χ1v) is 6.08. The zero-order valence-electron chi connectivity index (χ0n) is 9.74. The van der Waals surface area contributed by atoms with Crippen molar-refractivity contribution in [2.75, 3.05) is 6.54 Å². The smallest absolute Gasteiger partial charge is 0.121 e. The highest BCUT2D eigenvalue weighted by Gasteiger charge is 2.23. The van der Waals surface area contributed by atoms with Crippen LogP contribution in [-0.4, -0.2) is 6.54 Å². The molecular weight excluding hydrogens is 196 g/mol. The predicted octanol–water partition coefficient (Wildman–Crippen LogP) is 3.13. The summed E-state index contributed by atoms with van der Waals surface area (Å²) in [6.07, 6.45) is 3.71. The topological polar surface area (TPSA) is 35.8 Å². The molecule has 1 aromatic rings. The van der Waals surface area contributed by atoms with Gasteiger partial charge in [-0.3, -0.25) is 5.32 Å². The first-order chi connectivity index (χ1) is 7.85. The van der Waals surface area contributed by atoms with Crippen molar-refractivity contribution in [3.05, 3.63) is 35.4 Å². The maximum Gasteiger partial charge on any atom is 0.121 e. The number of rotatable bonds is 5. The molecule has 1 saturated carbocycles. The minimum Gasteiger partial charge on any atom is -0.298 e. The van der Waals surface area contributed by atoms with Gasteiger partial charge in [0.15, 0.2) is 0 Å². The number of benzene rings is 1. The third kappa shape index (κ3) is 2.62. The van der Waals surface area contributed by atoms with Crippen molar-refractivity contribution in [1.82, 2.24) is 5.32 Å². The van der Waals surface area contributed by atoms with Crippen LogP contribution in [0, 0.1) is 11.3 Å². The fourth-order valence-corrected chi connectivity index (χ4v) is 1.90. The van der Waals surface area contributed by atoms with Gasteiger partial charge >= 0.3 is 0 Å². The van der Waals surface area contributed by atoms with Crippen molar-refractivity contribution in [2.45, 2.75) is 38.1 Å². The van der Waals surface area contributed by atoms with E-state index in [1.165, 1.54) is 18.4 Å². The van der Waals surface area contributed by atoms with Crippen molar-refractivity contribution in [3.63, 3.8) is 0 Å². The Hall–Kier alpha value is -1.33. The second-order valence-corrected chi connectivity index (χ2v) is 4.46. The van der Waals surface area contributed by atoms with Gasteiger partial charge in [0.1, 0.15) is 6.04 Å². The Morgan fingerprint density at radius 3 is 2.56 bits per heavy atom. The molecule has 1 aliphatic rings. The number of nitriles is 1. The Balaban J connectivity index is 2.03. The fourth-order valence-electron chi connectivity index (χ4n) is 1.90. The maximum atomic E-state index is 9.08. The molecule has 84 valence electrons. The summed E-state index contributed by atoms with van der Waals surface area (Å²) in [6, 6.07) is 10.7. The van der Waals surface area contributed by atoms with Crippen molar-refractivity contribution in [1.29, 1.82) is 5.26 Å². The monoisotopic (exact) mass is 214 g/mol. The lowest BCUT2D eigenvalue weighted by molar-refractivity contribution is 0.621. The first kappa shape index (κ1) is 11.2. The normalized spacial score (nSPS) is 16.8. The summed E-state index contributed by atoms with van der Waals surface area (Å²) in [5, 5.41) is 12.3. The van der Waals surface area contributed by atoms with Gasteiger partial charge in [0.05, 0.1) is 6.07 Å². The number of hydrogen-bond acceptors (Lipinski definition) is 2. The highest BCUT2D eigenvalue weighted by molar-refractivity contribution is 5.31. The molecule has 1 atom stereocenters. The molecule has 1 aliphatic carbocycles. The van der Waals surface area contributed by atoms with E-state index >= 15 is 0 Å². The molecule has 1 unspecified atom stereocenters. The zero-order valence-corrected chi connectivity index (χ0v) is 9.74. The quantitative estimate of drug-likeness (QED) is 0.817. The van der Waals surface area contributed by atoms with Gasteiger partial charge in [0.2, 0.25) is 0 Å². The summed E-state index contributed by atoms with van der Waals surface area (Å²) in [4.78, 5) is 0. The molecule has 2 rings (SSSR count). The van der Waals surface area contributed by atoms with Crippen LogP contribution in [0.3, 0.4) is 0 Å². The predicted molar refractivity (Wildman–Crippen MR) is 65.1 cm³/mol. The molecule has 0 amide bonds. The summed E-state index contributed by atoms with van der Waals surface area (Å²) in [5.74, 6) is 0.790. The fraction of sp³-hybridized carbons (Fsp3) is 0.500. The van der Waals surface area contributed by atoms with Crippen molar-refractivity contribution in [2.24, 2.45) is 0 Å². The van der Waals surface area contributed by atoms with Gasteiger partial charge in [0, 0.05) is 0 Å². The molecule has 2 heteroatoms. The van der Waals surface area contributed by atoms with Gasteiger partial charge in [-0.2, -0.15) is 5.26 Å². The Bertz CT molecular complexity index is 371. The molecule has 0 aliphatic heterocycles. The summed E-state index contributed by atoms with van der Waals surface area (Å²) in [5.41, 5.74) is 2.51. The first-order valence-electron chi connectivity index (χ1n) is 6.08. The SMILES string of the molecule is CCCNC(C#N)c1ccc(C2CC2)cc1. The van der Waals surface area contributed by atoms with Crippen LogP contribution in [-0.2, 0) is 0 Å². The Labute approximate surface area is 97.3 Å². The van der Waals surface area contributed by atoms with Crippen molar-refractivity contribution in [3.8, 4) is 6.07 Å². The molecule has 1 aromatic carbocycles. The van der Waals surface area contributed by atoms with Crippen LogP contribution in [0.15, 0.2) is 24.3 Å². The van der Waals surface area contributed by atoms with Crippen LogP contribution < -0.4 is 5.32 Å². The third-order valence-electron chi connectivity index (χ3n) is 3.05. The average Bonchev–Trinajstić information content (AvgIpc) is 3.15. The molecule has 0 heterocycles. The lowest BCUT2D eigenvalue weighted by Crippen LogP contribution is -2.20. The van der Waals surface area contributed by atoms with Crippen LogP contribution in [0.2, 0.25) is 0 Å². The Morgan fingerprint density at radius 2 is 2.06 bits per heavy atom. The van der Waals surface area contributed by atoms with E-state index in [-0.39, 0.29) is 6.04 Å². The van der Waals surface area contributed by atoms with Crippen molar-refractivity contribution < 1.29 is 0 Å². The second kappa shape index (κ2) is 5.14. The van der Waals surface area contributed by atoms with E-state index in [1.807, 2.05) is 0 Å². The van der Waals surface area contributed by atoms with Gasteiger partial charge in [0.25, 0.3) is 0 Å². The average molecular weight is 214 g/mol. The molecule has 2 nitrogen and oxygen atoms in total. The number of nitrogens with zero attached hydrogens (tertiary/aromatic N) is 1. The van der Waals surface area contributed by atoms with E-state index < -0.39 is 0 Å². The highest BCUT2D eigenvalue weighted by atomic mass is 14.9. The Kier molecular flexibility index (Phi) is 3.58. The van der Waals surface area contributed by atoms with Crippen LogP contribution >= 0.6 is 0 Å². The molecule has 0 spiro atoms. The summed E-state index contributed by atoms with van der Waals surface area (Å²) >= 11 is 0. The van der Waals surface area contributed by atoms with E-state index in [0.717, 1.165) is 24.4 Å². The number of hydrogen-bond donors (Lipinski definition) is 1. The molecular formula is C14H18N2. The van der Waals surface area contributed by atoms with Crippen molar-refractivity contribution >= 4 is 0 Å². The molecule has 1 fully saturated rings. The standard InChI is InChI=1S/C14H18N2/c1-2-9-16-14(10-15)13-7-5-12(6-8-13)11-3-4-11/h5-8,11,14,16H,2-4,9H2,1H3. The summed E-state index contributed by atoms with van der Waals surface area (Å²) in [6.45, 7) is 3.00. The lowest BCUT2D eigenvalue weighted by Gasteiger charge is -2.11. The van der Waals surface area contributed by atoms with Crippen LogP contribution in [0.1, 0.15) is 49.3 Å². The maximum absolute atomic E-state index is 9.08. The molecule has 0 bridgehead atoms. The van der Waals surface area contributed by atoms with Gasteiger partial charge < -0.3 is 0 Å². The van der Waals surface area contributed by atoms with E-state index in [1.54, 1.807) is 0 Å². The van der Waals surface area contributed by atoms with E-state index in [4.69, 9.17) is 5.26 Å². The van der Waals surface area contributed by atoms with Gasteiger partial charge in [-0.05, 0) is 42.9 Å². The minimum atomic E-state index is -0.159. The Morgan fingerprint density at radius 1 is 1.38 bits per heavy atom. The molecule has 0 radical (unpaired) electrons. The minimum absolute atomic E-state index is 0.159. The molecule has 0 aromatic heterocycles. The van der Waals surface area contributed by atoms with Gasteiger partial charge in [-0.15, -0.1) is 0 Å². The molecule has 16 heavy (non-hydrogen) atoms. The molecule has 0 saturated heterocycles. The highest BCUT2D eigenvalue weighted by Crippen LogP contribution is 2.40. The zero-order chi connectivity index (χ0) is 11.4. The van der Waals surface area contributed by atoms with Crippen LogP contribution in [0.5, 0.6) is 0 Å². The third-order valence-corrected chi connectivity index (χ3v) is 3.05. The van der Waals surface area contributed by atoms with Crippen LogP contribution in [0.25, 0.3) is 0 Å². The number of nitrogens with one attached hydrogen (secondary N) is 1. The van der Waals surface area contributed by atoms with Gasteiger partial charge in [-0.1, -0.05) is 31.2 Å². The van der Waals surface area contributed by atoms with Crippen LogP contribution in [0.4, 0.5) is 0 Å². The lowest BCUT2D eigenvalue weighted by atomic mass is 10.0. The van der Waals surface area contributed by atoms with E-state index in [0.29, 0.717) is 0 Å². The van der Waals surface area contributed by atoms with E-state index in [9.17, 15) is 0 Å².